The molecule has 47 heavy (non-hydrogen) atoms. The maximum Gasteiger partial charge on any atom is 0.494 e. The summed E-state index contributed by atoms with van der Waals surface area (Å²) in [5.74, 6) is -0.159. The number of benzene rings is 3. The molecule has 3 fully saturated rings. The lowest BCUT2D eigenvalue weighted by Gasteiger charge is -2.29. The number of hydrogen-bond donors (Lipinski definition) is 4. The van der Waals surface area contributed by atoms with Crippen molar-refractivity contribution in [3.05, 3.63) is 83.9 Å². The fourth-order valence-corrected chi connectivity index (χ4v) is 6.56. The minimum atomic E-state index is -1.36. The zero-order valence-corrected chi connectivity index (χ0v) is 26.1. The standard InChI is InChI=1S/C35H37BN4O7/c1-40-17-15-21(16-18-40)7-14-29(41)37-24-9-11-25(12-10-24)38-31(22-5-3-2-4-6-22)30-26-13-8-23(19-27(26)39-34(30)43)36-45-20-28-33(47-36)32(42)35(44)46-28/h2-6,8-13,19,21,28,32-33,39,42-43H,7,14-18,20H2,1H3,(H,37,41)/t28-,32+,33-/m1/s1. The molecule has 1 amide bonds. The average molecular weight is 637 g/mol. The molecule has 0 saturated carbocycles. The number of H-pyrrole nitrogens is 1. The first-order valence-electron chi connectivity index (χ1n) is 16.1. The Bertz CT molecular complexity index is 1790. The number of likely N-dealkylation sites (tertiary alicyclic amines) is 1. The van der Waals surface area contributed by atoms with Gasteiger partial charge in [0.25, 0.3) is 0 Å². The molecule has 242 valence electrons. The van der Waals surface area contributed by atoms with Crippen LogP contribution in [0.3, 0.4) is 0 Å². The molecule has 0 radical (unpaired) electrons. The summed E-state index contributed by atoms with van der Waals surface area (Å²) >= 11 is 0. The Morgan fingerprint density at radius 2 is 1.85 bits per heavy atom. The number of carbonyl (C=O) groups excluding carboxylic acids is 2. The lowest BCUT2D eigenvalue weighted by molar-refractivity contribution is -0.148. The maximum absolute atomic E-state index is 12.7. The molecule has 4 N–H and O–H groups in total. The predicted octanol–water partition coefficient (Wildman–Crippen LogP) is 3.50. The van der Waals surface area contributed by atoms with Crippen molar-refractivity contribution < 1.29 is 33.8 Å². The minimum absolute atomic E-state index is 0.0123. The van der Waals surface area contributed by atoms with Gasteiger partial charge in [0.1, 0.15) is 6.10 Å². The molecule has 0 spiro atoms. The second kappa shape index (κ2) is 13.3. The van der Waals surface area contributed by atoms with Crippen LogP contribution in [0, 0.1) is 5.92 Å². The highest BCUT2D eigenvalue weighted by Crippen LogP contribution is 2.32. The highest BCUT2D eigenvalue weighted by atomic mass is 16.7. The number of aliphatic hydroxyl groups is 1. The van der Waals surface area contributed by atoms with Gasteiger partial charge >= 0.3 is 13.1 Å². The highest BCUT2D eigenvalue weighted by molar-refractivity contribution is 6.61. The molecule has 4 aromatic rings. The number of aromatic nitrogens is 1. The van der Waals surface area contributed by atoms with E-state index in [1.165, 1.54) is 0 Å². The number of aliphatic hydroxyl groups excluding tert-OH is 1. The second-order valence-electron chi connectivity index (χ2n) is 12.5. The first kappa shape index (κ1) is 31.1. The van der Waals surface area contributed by atoms with Crippen LogP contribution in [-0.2, 0) is 23.6 Å². The molecule has 11 nitrogen and oxygen atoms in total. The van der Waals surface area contributed by atoms with Gasteiger partial charge in [-0.05, 0) is 81.1 Å². The van der Waals surface area contributed by atoms with E-state index in [-0.39, 0.29) is 18.4 Å². The van der Waals surface area contributed by atoms with Crippen molar-refractivity contribution in [3.63, 3.8) is 0 Å². The number of nitrogens with one attached hydrogen (secondary N) is 2. The summed E-state index contributed by atoms with van der Waals surface area (Å²) in [5, 5.41) is 25.1. The largest absolute Gasteiger partial charge is 0.494 e. The number of nitrogens with zero attached hydrogens (tertiary/aromatic N) is 2. The van der Waals surface area contributed by atoms with Gasteiger partial charge in [-0.15, -0.1) is 0 Å². The Labute approximate surface area is 272 Å². The molecular formula is C35H37BN4O7. The number of anilines is 1. The SMILES string of the molecule is CN1CCC(CCC(=O)Nc2ccc(N=C(c3ccccc3)c3c(O)[nH]c4cc(B5OC[C@H]6OC(=O)[C@@H](O)[C@@H]6O5)ccc34)cc2)CC1. The molecule has 12 heteroatoms. The topological polar surface area (TPSA) is 146 Å². The number of aliphatic imine (C=N–C) groups is 1. The van der Waals surface area contributed by atoms with Gasteiger partial charge in [0.2, 0.25) is 5.91 Å². The zero-order valence-electron chi connectivity index (χ0n) is 26.1. The lowest BCUT2D eigenvalue weighted by atomic mass is 9.76. The number of carbonyl (C=O) groups is 2. The number of amides is 1. The number of rotatable bonds is 8. The van der Waals surface area contributed by atoms with Gasteiger partial charge in [-0.25, -0.2) is 9.79 Å². The molecule has 3 aliphatic rings. The van der Waals surface area contributed by atoms with Crippen LogP contribution in [0.1, 0.15) is 36.8 Å². The molecule has 0 unspecified atom stereocenters. The third-order valence-corrected chi connectivity index (χ3v) is 9.25. The van der Waals surface area contributed by atoms with Gasteiger partial charge in [0, 0.05) is 28.6 Å². The van der Waals surface area contributed by atoms with Crippen LogP contribution in [0.25, 0.3) is 10.9 Å². The maximum atomic E-state index is 12.7. The van der Waals surface area contributed by atoms with Crippen molar-refractivity contribution in [2.45, 2.75) is 44.0 Å². The number of aromatic amines is 1. The third-order valence-electron chi connectivity index (χ3n) is 9.25. The molecule has 0 bridgehead atoms. The zero-order chi connectivity index (χ0) is 32.5. The van der Waals surface area contributed by atoms with Crippen molar-refractivity contribution in [1.29, 1.82) is 0 Å². The summed E-state index contributed by atoms with van der Waals surface area (Å²) in [5.41, 5.74) is 4.55. The van der Waals surface area contributed by atoms with Crippen molar-refractivity contribution in [2.24, 2.45) is 10.9 Å². The van der Waals surface area contributed by atoms with Gasteiger partial charge in [-0.3, -0.25) is 4.79 Å². The second-order valence-corrected chi connectivity index (χ2v) is 12.5. The summed E-state index contributed by atoms with van der Waals surface area (Å²) in [6.07, 6.45) is 0.861. The van der Waals surface area contributed by atoms with Crippen LogP contribution in [-0.4, -0.2) is 89.9 Å². The molecule has 3 atom stereocenters. The van der Waals surface area contributed by atoms with Crippen LogP contribution in [0.15, 0.2) is 77.8 Å². The predicted molar refractivity (Wildman–Crippen MR) is 178 cm³/mol. The minimum Gasteiger partial charge on any atom is -0.494 e. The molecular weight excluding hydrogens is 599 g/mol. The molecule has 3 saturated heterocycles. The van der Waals surface area contributed by atoms with Gasteiger partial charge in [0.05, 0.1) is 23.6 Å². The highest BCUT2D eigenvalue weighted by Gasteiger charge is 2.50. The van der Waals surface area contributed by atoms with Gasteiger partial charge in [-0.2, -0.15) is 0 Å². The monoisotopic (exact) mass is 636 g/mol. The van der Waals surface area contributed by atoms with E-state index in [1.54, 1.807) is 6.07 Å². The van der Waals surface area contributed by atoms with E-state index in [9.17, 15) is 19.8 Å². The molecule has 1 aromatic heterocycles. The first-order valence-corrected chi connectivity index (χ1v) is 16.1. The summed E-state index contributed by atoms with van der Waals surface area (Å²) in [6, 6.07) is 22.4. The van der Waals surface area contributed by atoms with Crippen molar-refractivity contribution in [1.82, 2.24) is 9.88 Å². The summed E-state index contributed by atoms with van der Waals surface area (Å²) in [4.78, 5) is 34.8. The third kappa shape index (κ3) is 6.68. The number of aromatic hydroxyl groups is 1. The Morgan fingerprint density at radius 1 is 1.09 bits per heavy atom. The first-order chi connectivity index (χ1) is 22.8. The number of fused-ring (bicyclic) bond motifs is 2. The average Bonchev–Trinajstić information content (AvgIpc) is 3.57. The Kier molecular flexibility index (Phi) is 8.83. The summed E-state index contributed by atoms with van der Waals surface area (Å²) < 4.78 is 16.8. The van der Waals surface area contributed by atoms with Crippen LogP contribution in [0.4, 0.5) is 11.4 Å². The Morgan fingerprint density at radius 3 is 2.62 bits per heavy atom. The quantitative estimate of drug-likeness (QED) is 0.131. The smallest absolute Gasteiger partial charge is 0.494 e. The normalized spacial score (nSPS) is 22.3. The van der Waals surface area contributed by atoms with E-state index in [0.717, 1.165) is 43.3 Å². The number of piperidine rings is 1. The van der Waals surface area contributed by atoms with E-state index in [0.29, 0.717) is 46.0 Å². The van der Waals surface area contributed by atoms with E-state index in [4.69, 9.17) is 19.0 Å². The van der Waals surface area contributed by atoms with Crippen LogP contribution in [0.2, 0.25) is 0 Å². The van der Waals surface area contributed by atoms with Crippen LogP contribution >= 0.6 is 0 Å². The van der Waals surface area contributed by atoms with Gasteiger partial charge in [-0.1, -0.05) is 42.5 Å². The van der Waals surface area contributed by atoms with Gasteiger partial charge in [0.15, 0.2) is 18.1 Å². The van der Waals surface area contributed by atoms with Gasteiger partial charge < -0.3 is 39.5 Å². The summed E-state index contributed by atoms with van der Waals surface area (Å²) in [6.45, 7) is 2.28. The molecule has 3 aromatic carbocycles. The Balaban J connectivity index is 1.11. The van der Waals surface area contributed by atoms with Crippen LogP contribution in [0.5, 0.6) is 5.88 Å². The number of esters is 1. The van der Waals surface area contributed by atoms with Crippen LogP contribution < -0.4 is 10.8 Å². The summed E-state index contributed by atoms with van der Waals surface area (Å²) in [7, 11) is 1.32. The molecule has 3 aliphatic heterocycles. The van der Waals surface area contributed by atoms with Crippen molar-refractivity contribution in [2.75, 3.05) is 32.1 Å². The van der Waals surface area contributed by atoms with E-state index < -0.39 is 31.4 Å². The Hall–Kier alpha value is -4.49. The lowest BCUT2D eigenvalue weighted by Crippen LogP contribution is -2.52. The molecule has 0 aliphatic carbocycles. The van der Waals surface area contributed by atoms with Crippen molar-refractivity contribution in [3.8, 4) is 5.88 Å². The number of ether oxygens (including phenoxy) is 1. The van der Waals surface area contributed by atoms with E-state index in [1.807, 2.05) is 66.7 Å². The molecule has 4 heterocycles. The van der Waals surface area contributed by atoms with E-state index >= 15 is 0 Å². The van der Waals surface area contributed by atoms with E-state index in [2.05, 4.69) is 22.2 Å². The van der Waals surface area contributed by atoms with Crippen molar-refractivity contribution >= 4 is 52.4 Å². The fourth-order valence-electron chi connectivity index (χ4n) is 6.56. The molecule has 7 rings (SSSR count). The fraction of sp³-hybridized carbons (Fsp3) is 0.343. The number of hydrogen-bond acceptors (Lipinski definition) is 9.